The first kappa shape index (κ1) is 15.3. The fourth-order valence-corrected chi connectivity index (χ4v) is 3.72. The normalized spacial score (nSPS) is 24.3. The quantitative estimate of drug-likeness (QED) is 0.701. The standard InChI is InChI=1S/C17H34N2/c1-15(2)19-11-9-17(14-19)12-18(13-17)10-7-6-8-16(3,4)5/h15H,6-14H2,1-5H3. The van der Waals surface area contributed by atoms with Gasteiger partial charge in [0.05, 0.1) is 0 Å². The average molecular weight is 266 g/mol. The van der Waals surface area contributed by atoms with Crippen molar-refractivity contribution in [3.8, 4) is 0 Å². The summed E-state index contributed by atoms with van der Waals surface area (Å²) in [5, 5.41) is 0. The minimum absolute atomic E-state index is 0.513. The lowest BCUT2D eigenvalue weighted by Gasteiger charge is -2.48. The van der Waals surface area contributed by atoms with Gasteiger partial charge >= 0.3 is 0 Å². The number of hydrogen-bond acceptors (Lipinski definition) is 2. The Morgan fingerprint density at radius 2 is 1.74 bits per heavy atom. The van der Waals surface area contributed by atoms with Crippen molar-refractivity contribution in [2.24, 2.45) is 10.8 Å². The first-order chi connectivity index (χ1) is 8.80. The smallest absolute Gasteiger partial charge is 0.00970 e. The SMILES string of the molecule is CC(C)N1CCC2(CN(CCCCC(C)(C)C)C2)C1. The largest absolute Gasteiger partial charge is 0.302 e. The molecule has 0 aromatic rings. The van der Waals surface area contributed by atoms with Crippen molar-refractivity contribution in [2.75, 3.05) is 32.7 Å². The average Bonchev–Trinajstić information content (AvgIpc) is 2.66. The van der Waals surface area contributed by atoms with Gasteiger partial charge in [0.25, 0.3) is 0 Å². The lowest BCUT2D eigenvalue weighted by Crippen LogP contribution is -2.57. The van der Waals surface area contributed by atoms with Crippen LogP contribution in [0.1, 0.15) is 60.3 Å². The van der Waals surface area contributed by atoms with Crippen LogP contribution >= 0.6 is 0 Å². The summed E-state index contributed by atoms with van der Waals surface area (Å²) in [6.45, 7) is 18.5. The number of hydrogen-bond donors (Lipinski definition) is 0. The van der Waals surface area contributed by atoms with E-state index in [2.05, 4.69) is 44.4 Å². The summed E-state index contributed by atoms with van der Waals surface area (Å²) in [4.78, 5) is 5.35. The van der Waals surface area contributed by atoms with Crippen LogP contribution in [0.3, 0.4) is 0 Å². The van der Waals surface area contributed by atoms with Crippen LogP contribution < -0.4 is 0 Å². The van der Waals surface area contributed by atoms with E-state index in [1.807, 2.05) is 0 Å². The Hall–Kier alpha value is -0.0800. The van der Waals surface area contributed by atoms with E-state index < -0.39 is 0 Å². The van der Waals surface area contributed by atoms with E-state index in [1.54, 1.807) is 0 Å². The molecule has 2 fully saturated rings. The predicted octanol–water partition coefficient (Wildman–Crippen LogP) is 3.62. The van der Waals surface area contributed by atoms with Crippen molar-refractivity contribution in [1.82, 2.24) is 9.80 Å². The van der Waals surface area contributed by atoms with E-state index in [1.165, 1.54) is 58.4 Å². The topological polar surface area (TPSA) is 6.48 Å². The van der Waals surface area contributed by atoms with Gasteiger partial charge < -0.3 is 9.80 Å². The fourth-order valence-electron chi connectivity index (χ4n) is 3.72. The number of unbranched alkanes of at least 4 members (excludes halogenated alkanes) is 1. The lowest BCUT2D eigenvalue weighted by atomic mass is 9.79. The molecule has 0 atom stereocenters. The third-order valence-corrected chi connectivity index (χ3v) is 4.97. The second-order valence-corrected chi connectivity index (χ2v) is 8.54. The van der Waals surface area contributed by atoms with E-state index in [0.717, 1.165) is 6.04 Å². The molecule has 2 rings (SSSR count). The first-order valence-electron chi connectivity index (χ1n) is 8.26. The molecule has 0 aliphatic carbocycles. The van der Waals surface area contributed by atoms with Gasteiger partial charge in [0, 0.05) is 31.1 Å². The minimum Gasteiger partial charge on any atom is -0.302 e. The maximum absolute atomic E-state index is 2.69. The van der Waals surface area contributed by atoms with Crippen molar-refractivity contribution in [3.05, 3.63) is 0 Å². The molecule has 112 valence electrons. The highest BCUT2D eigenvalue weighted by atomic mass is 15.3. The van der Waals surface area contributed by atoms with Gasteiger partial charge in [-0.1, -0.05) is 27.2 Å². The summed E-state index contributed by atoms with van der Waals surface area (Å²) in [6.07, 6.45) is 5.59. The highest BCUT2D eigenvalue weighted by Gasteiger charge is 2.47. The fraction of sp³-hybridized carbons (Fsp3) is 1.00. The molecule has 2 aliphatic rings. The molecule has 0 saturated carbocycles. The zero-order valence-electron chi connectivity index (χ0n) is 13.8. The maximum Gasteiger partial charge on any atom is 0.00970 e. The molecule has 1 spiro atoms. The van der Waals surface area contributed by atoms with Crippen molar-refractivity contribution in [1.29, 1.82) is 0 Å². The highest BCUT2D eigenvalue weighted by molar-refractivity contribution is 5.01. The summed E-state index contributed by atoms with van der Waals surface area (Å²) in [6, 6.07) is 0.736. The van der Waals surface area contributed by atoms with Crippen LogP contribution in [0.4, 0.5) is 0 Å². The Bertz CT molecular complexity index is 284. The molecule has 2 aliphatic heterocycles. The van der Waals surface area contributed by atoms with Gasteiger partial charge in [0.15, 0.2) is 0 Å². The molecule has 0 radical (unpaired) electrons. The van der Waals surface area contributed by atoms with Crippen LogP contribution in [-0.2, 0) is 0 Å². The zero-order chi connectivity index (χ0) is 14.1. The molecular weight excluding hydrogens is 232 g/mol. The zero-order valence-corrected chi connectivity index (χ0v) is 13.8. The van der Waals surface area contributed by atoms with Gasteiger partial charge in [-0.2, -0.15) is 0 Å². The monoisotopic (exact) mass is 266 g/mol. The van der Waals surface area contributed by atoms with Crippen LogP contribution in [0.25, 0.3) is 0 Å². The van der Waals surface area contributed by atoms with Gasteiger partial charge in [-0.25, -0.2) is 0 Å². The molecule has 0 unspecified atom stereocenters. The Labute approximate surface area is 120 Å². The Morgan fingerprint density at radius 1 is 1.05 bits per heavy atom. The molecule has 2 nitrogen and oxygen atoms in total. The van der Waals surface area contributed by atoms with Gasteiger partial charge in [0.2, 0.25) is 0 Å². The molecule has 0 amide bonds. The van der Waals surface area contributed by atoms with E-state index in [0.29, 0.717) is 10.8 Å². The summed E-state index contributed by atoms with van der Waals surface area (Å²) >= 11 is 0. The Morgan fingerprint density at radius 3 is 2.26 bits per heavy atom. The van der Waals surface area contributed by atoms with E-state index in [9.17, 15) is 0 Å². The summed E-state index contributed by atoms with van der Waals surface area (Å²) in [5.74, 6) is 0. The molecule has 0 aromatic carbocycles. The number of nitrogens with zero attached hydrogens (tertiary/aromatic N) is 2. The molecule has 0 bridgehead atoms. The second-order valence-electron chi connectivity index (χ2n) is 8.54. The molecular formula is C17H34N2. The second kappa shape index (κ2) is 5.73. The maximum atomic E-state index is 2.69. The van der Waals surface area contributed by atoms with E-state index >= 15 is 0 Å². The molecule has 0 N–H and O–H groups in total. The van der Waals surface area contributed by atoms with Gasteiger partial charge in [0.1, 0.15) is 0 Å². The third kappa shape index (κ3) is 4.19. The van der Waals surface area contributed by atoms with Gasteiger partial charge in [-0.15, -0.1) is 0 Å². The van der Waals surface area contributed by atoms with Crippen LogP contribution in [0.5, 0.6) is 0 Å². The number of rotatable bonds is 5. The van der Waals surface area contributed by atoms with Gasteiger partial charge in [-0.3, -0.25) is 0 Å². The molecule has 2 heteroatoms. The molecule has 0 aromatic heterocycles. The van der Waals surface area contributed by atoms with Crippen molar-refractivity contribution in [3.63, 3.8) is 0 Å². The van der Waals surface area contributed by atoms with E-state index in [-0.39, 0.29) is 0 Å². The molecule has 19 heavy (non-hydrogen) atoms. The molecule has 2 heterocycles. The van der Waals surface area contributed by atoms with Crippen LogP contribution in [0.15, 0.2) is 0 Å². The summed E-state index contributed by atoms with van der Waals surface area (Å²) < 4.78 is 0. The lowest BCUT2D eigenvalue weighted by molar-refractivity contribution is 0.00497. The van der Waals surface area contributed by atoms with Crippen LogP contribution in [0, 0.1) is 10.8 Å². The third-order valence-electron chi connectivity index (χ3n) is 4.97. The number of likely N-dealkylation sites (tertiary alicyclic amines) is 2. The van der Waals surface area contributed by atoms with E-state index in [4.69, 9.17) is 0 Å². The highest BCUT2D eigenvalue weighted by Crippen LogP contribution is 2.40. The van der Waals surface area contributed by atoms with Crippen molar-refractivity contribution >= 4 is 0 Å². The molecule has 2 saturated heterocycles. The predicted molar refractivity (Wildman–Crippen MR) is 83.5 cm³/mol. The van der Waals surface area contributed by atoms with Crippen LogP contribution in [-0.4, -0.2) is 48.6 Å². The van der Waals surface area contributed by atoms with Crippen molar-refractivity contribution in [2.45, 2.75) is 66.3 Å². The Kier molecular flexibility index (Phi) is 4.62. The summed E-state index contributed by atoms with van der Waals surface area (Å²) in [7, 11) is 0. The van der Waals surface area contributed by atoms with Crippen molar-refractivity contribution < 1.29 is 0 Å². The first-order valence-corrected chi connectivity index (χ1v) is 8.26. The van der Waals surface area contributed by atoms with Crippen LogP contribution in [0.2, 0.25) is 0 Å². The summed E-state index contributed by atoms with van der Waals surface area (Å²) in [5.41, 5.74) is 1.19. The minimum atomic E-state index is 0.513. The van der Waals surface area contributed by atoms with Gasteiger partial charge in [-0.05, 0) is 51.6 Å². The Balaban J connectivity index is 1.59.